The molecule has 2 aromatic heterocycles. The van der Waals surface area contributed by atoms with Crippen molar-refractivity contribution in [2.24, 2.45) is 7.05 Å². The maximum atomic E-state index is 15.4. The first-order valence-corrected chi connectivity index (χ1v) is 12.1. The SMILES string of the molecule is Cc1cc(-c2cc3c(F)cc(C4(O)CCN(C(=O)OC(C)(C)C)CC4O)cc3nn2)cc2cn(C)nc12. The lowest BCUT2D eigenvalue weighted by atomic mass is 9.81. The Bertz CT molecular complexity index is 1530. The molecule has 0 bridgehead atoms. The molecule has 2 N–H and O–H groups in total. The van der Waals surface area contributed by atoms with Gasteiger partial charge in [0.25, 0.3) is 0 Å². The zero-order chi connectivity index (χ0) is 26.7. The average molecular weight is 508 g/mol. The molecule has 37 heavy (non-hydrogen) atoms. The standard InChI is InChI=1S/C27H30FN5O4/c1-15-8-16(9-17-13-32(5)31-24(15)17)21-12-19-20(28)10-18(11-22(19)30-29-21)27(36)6-7-33(14-23(27)34)25(35)37-26(2,3)4/h8-13,23,34,36H,6-7,14H2,1-5H3. The predicted octanol–water partition coefficient (Wildman–Crippen LogP) is 3.82. The van der Waals surface area contributed by atoms with E-state index in [4.69, 9.17) is 4.74 Å². The number of ether oxygens (including phenoxy) is 1. The van der Waals surface area contributed by atoms with E-state index in [2.05, 4.69) is 15.3 Å². The number of likely N-dealkylation sites (tertiary alicyclic amines) is 1. The molecular weight excluding hydrogens is 477 g/mol. The minimum absolute atomic E-state index is 0.00820. The van der Waals surface area contributed by atoms with E-state index in [9.17, 15) is 15.0 Å². The van der Waals surface area contributed by atoms with Crippen LogP contribution in [0.4, 0.5) is 9.18 Å². The van der Waals surface area contributed by atoms with E-state index in [1.165, 1.54) is 17.0 Å². The number of amides is 1. The van der Waals surface area contributed by atoms with Crippen molar-refractivity contribution in [3.63, 3.8) is 0 Å². The smallest absolute Gasteiger partial charge is 0.410 e. The third-order valence-corrected chi connectivity index (χ3v) is 6.72. The van der Waals surface area contributed by atoms with E-state index in [-0.39, 0.29) is 36.0 Å². The molecule has 1 amide bonds. The molecular formula is C27H30FN5O4. The van der Waals surface area contributed by atoms with Crippen molar-refractivity contribution in [1.29, 1.82) is 0 Å². The number of fused-ring (bicyclic) bond motifs is 2. The fourth-order valence-corrected chi connectivity index (χ4v) is 4.82. The molecule has 194 valence electrons. The van der Waals surface area contributed by atoms with Gasteiger partial charge in [-0.05, 0) is 69.2 Å². The van der Waals surface area contributed by atoms with Crippen LogP contribution >= 0.6 is 0 Å². The van der Waals surface area contributed by atoms with Crippen molar-refractivity contribution in [3.05, 3.63) is 53.5 Å². The number of aliphatic hydroxyl groups excluding tert-OH is 1. The summed E-state index contributed by atoms with van der Waals surface area (Å²) in [5.41, 5.74) is 1.17. The summed E-state index contributed by atoms with van der Waals surface area (Å²) in [4.78, 5) is 13.7. The number of benzene rings is 2. The number of nitrogens with zero attached hydrogens (tertiary/aromatic N) is 5. The predicted molar refractivity (Wildman–Crippen MR) is 136 cm³/mol. The summed E-state index contributed by atoms with van der Waals surface area (Å²) in [5, 5.41) is 36.4. The van der Waals surface area contributed by atoms with Crippen LogP contribution < -0.4 is 0 Å². The monoisotopic (exact) mass is 507 g/mol. The van der Waals surface area contributed by atoms with Crippen LogP contribution in [0.25, 0.3) is 33.1 Å². The van der Waals surface area contributed by atoms with Crippen LogP contribution in [-0.2, 0) is 17.4 Å². The van der Waals surface area contributed by atoms with Gasteiger partial charge >= 0.3 is 6.09 Å². The number of β-amino-alcohol motifs (C(OH)–C–C–N with tert-alkyl or cyclic N) is 1. The molecule has 2 unspecified atom stereocenters. The molecule has 1 saturated heterocycles. The van der Waals surface area contributed by atoms with Crippen LogP contribution in [0.3, 0.4) is 0 Å². The summed E-state index contributed by atoms with van der Waals surface area (Å²) >= 11 is 0. The van der Waals surface area contributed by atoms with Crippen LogP contribution in [0.5, 0.6) is 0 Å². The van der Waals surface area contributed by atoms with Crippen LogP contribution in [0, 0.1) is 12.7 Å². The zero-order valence-electron chi connectivity index (χ0n) is 21.5. The van der Waals surface area contributed by atoms with E-state index >= 15 is 4.39 Å². The first kappa shape index (κ1) is 25.0. The van der Waals surface area contributed by atoms with Crippen molar-refractivity contribution in [1.82, 2.24) is 24.9 Å². The highest BCUT2D eigenvalue weighted by atomic mass is 19.1. The van der Waals surface area contributed by atoms with Gasteiger partial charge in [-0.25, -0.2) is 9.18 Å². The lowest BCUT2D eigenvalue weighted by Crippen LogP contribution is -2.55. The topological polar surface area (TPSA) is 114 Å². The molecule has 0 aliphatic carbocycles. The summed E-state index contributed by atoms with van der Waals surface area (Å²) in [6, 6.07) is 8.26. The number of halogens is 1. The van der Waals surface area contributed by atoms with Crippen molar-refractivity contribution >= 4 is 27.9 Å². The third kappa shape index (κ3) is 4.62. The molecule has 3 heterocycles. The van der Waals surface area contributed by atoms with Crippen molar-refractivity contribution in [2.75, 3.05) is 13.1 Å². The molecule has 9 nitrogen and oxygen atoms in total. The molecule has 4 aromatic rings. The minimum Gasteiger partial charge on any atom is -0.444 e. The van der Waals surface area contributed by atoms with Gasteiger partial charge in [-0.15, -0.1) is 10.2 Å². The summed E-state index contributed by atoms with van der Waals surface area (Å²) < 4.78 is 22.5. The Hall–Kier alpha value is -3.63. The summed E-state index contributed by atoms with van der Waals surface area (Å²) in [6.45, 7) is 7.22. The van der Waals surface area contributed by atoms with E-state index < -0.39 is 29.2 Å². The largest absolute Gasteiger partial charge is 0.444 e. The minimum atomic E-state index is -1.75. The number of hydrogen-bond acceptors (Lipinski definition) is 7. The maximum Gasteiger partial charge on any atom is 0.410 e. The first-order chi connectivity index (χ1) is 17.3. The quantitative estimate of drug-likeness (QED) is 0.424. The summed E-state index contributed by atoms with van der Waals surface area (Å²) in [6.07, 6.45) is 0.00472. The van der Waals surface area contributed by atoms with Gasteiger partial charge in [0.05, 0.1) is 23.3 Å². The number of aryl methyl sites for hydroxylation is 2. The van der Waals surface area contributed by atoms with Gasteiger partial charge < -0.3 is 19.8 Å². The number of carbonyl (C=O) groups is 1. The molecule has 0 spiro atoms. The van der Waals surface area contributed by atoms with Gasteiger partial charge in [-0.2, -0.15) is 5.10 Å². The van der Waals surface area contributed by atoms with E-state index in [0.29, 0.717) is 5.69 Å². The Morgan fingerprint density at radius 1 is 1.19 bits per heavy atom. The number of hydrogen-bond donors (Lipinski definition) is 2. The molecule has 5 rings (SSSR count). The van der Waals surface area contributed by atoms with Crippen LogP contribution in [-0.4, -0.2) is 66.0 Å². The highest BCUT2D eigenvalue weighted by Crippen LogP contribution is 2.36. The third-order valence-electron chi connectivity index (χ3n) is 6.72. The zero-order valence-corrected chi connectivity index (χ0v) is 21.5. The van der Waals surface area contributed by atoms with Gasteiger partial charge in [0.15, 0.2) is 0 Å². The number of rotatable bonds is 2. The first-order valence-electron chi connectivity index (χ1n) is 12.1. The second-order valence-corrected chi connectivity index (χ2v) is 10.8. The van der Waals surface area contributed by atoms with Crippen LogP contribution in [0.1, 0.15) is 38.3 Å². The molecule has 1 aliphatic rings. The summed E-state index contributed by atoms with van der Waals surface area (Å²) in [7, 11) is 1.86. The molecule has 0 radical (unpaired) electrons. The lowest BCUT2D eigenvalue weighted by Gasteiger charge is -2.42. The van der Waals surface area contributed by atoms with E-state index in [0.717, 1.165) is 22.0 Å². The van der Waals surface area contributed by atoms with Gasteiger partial charge in [-0.1, -0.05) is 0 Å². The van der Waals surface area contributed by atoms with E-state index in [1.807, 2.05) is 32.3 Å². The normalized spacial score (nSPS) is 20.5. The maximum absolute atomic E-state index is 15.4. The highest BCUT2D eigenvalue weighted by Gasteiger charge is 2.44. The Kier molecular flexibility index (Phi) is 5.91. The van der Waals surface area contributed by atoms with Crippen molar-refractivity contribution < 1.29 is 24.1 Å². The average Bonchev–Trinajstić information content (AvgIpc) is 3.20. The van der Waals surface area contributed by atoms with Crippen LogP contribution in [0.15, 0.2) is 36.5 Å². The van der Waals surface area contributed by atoms with Crippen molar-refractivity contribution in [3.8, 4) is 11.3 Å². The van der Waals surface area contributed by atoms with Crippen LogP contribution in [0.2, 0.25) is 0 Å². The molecule has 2 aromatic carbocycles. The molecule has 2 atom stereocenters. The Balaban J connectivity index is 1.45. The fraction of sp³-hybridized carbons (Fsp3) is 0.407. The summed E-state index contributed by atoms with van der Waals surface area (Å²) in [5.74, 6) is -0.585. The van der Waals surface area contributed by atoms with Crippen molar-refractivity contribution in [2.45, 2.75) is 51.4 Å². The number of aliphatic hydroxyl groups is 2. The Morgan fingerprint density at radius 3 is 2.65 bits per heavy atom. The van der Waals surface area contributed by atoms with Gasteiger partial charge in [0.1, 0.15) is 23.1 Å². The van der Waals surface area contributed by atoms with Gasteiger partial charge in [0, 0.05) is 42.5 Å². The van der Waals surface area contributed by atoms with Gasteiger partial charge in [-0.3, -0.25) is 4.68 Å². The Labute approximate surface area is 213 Å². The van der Waals surface area contributed by atoms with E-state index in [1.54, 1.807) is 31.5 Å². The highest BCUT2D eigenvalue weighted by molar-refractivity contribution is 5.89. The number of aromatic nitrogens is 4. The second kappa shape index (κ2) is 8.74. The number of piperidine rings is 1. The molecule has 10 heteroatoms. The Morgan fingerprint density at radius 2 is 1.95 bits per heavy atom. The lowest BCUT2D eigenvalue weighted by molar-refractivity contribution is -0.123. The fourth-order valence-electron chi connectivity index (χ4n) is 4.82. The molecule has 1 fully saturated rings. The van der Waals surface area contributed by atoms with Gasteiger partial charge in [0.2, 0.25) is 0 Å². The molecule has 0 saturated carbocycles. The molecule has 1 aliphatic heterocycles. The second-order valence-electron chi connectivity index (χ2n) is 10.8. The number of carbonyl (C=O) groups excluding carboxylic acids is 1.